The van der Waals surface area contributed by atoms with Crippen LogP contribution in [0.1, 0.15) is 6.92 Å². The van der Waals surface area contributed by atoms with Gasteiger partial charge in [0.15, 0.2) is 0 Å². The number of aliphatic hydroxyl groups excluding tert-OH is 1. The minimum atomic E-state index is -2.97. The fourth-order valence-electron chi connectivity index (χ4n) is 3.80. The lowest BCUT2D eigenvalue weighted by Gasteiger charge is -2.31. The van der Waals surface area contributed by atoms with Crippen molar-refractivity contribution in [1.82, 2.24) is 14.3 Å². The van der Waals surface area contributed by atoms with Gasteiger partial charge in [0.2, 0.25) is 0 Å². The van der Waals surface area contributed by atoms with Gasteiger partial charge in [-0.1, -0.05) is 6.07 Å². The number of rotatable bonds is 7. The molecule has 2 aromatic carbocycles. The number of nitrogens with zero attached hydrogens (tertiary/aromatic N) is 3. The number of benzene rings is 2. The summed E-state index contributed by atoms with van der Waals surface area (Å²) >= 11 is 0. The molecule has 33 heavy (non-hydrogen) atoms. The summed E-state index contributed by atoms with van der Waals surface area (Å²) < 4.78 is 30.1. The van der Waals surface area contributed by atoms with E-state index in [0.29, 0.717) is 32.5 Å². The predicted molar refractivity (Wildman–Crippen MR) is 131 cm³/mol. The number of hydrogen-bond acceptors (Lipinski definition) is 6. The third-order valence-corrected chi connectivity index (χ3v) is 7.41. The SMILES string of the molecule is CCS(O)(O)c1ccc(OCCO)c(-c2cn(C)c(=O)c3ccc(-c4cnn(C)c4)cc23)c1. The number of fused-ring (bicyclic) bond motifs is 1. The van der Waals surface area contributed by atoms with E-state index in [1.807, 2.05) is 25.4 Å². The Labute approximate surface area is 193 Å². The van der Waals surface area contributed by atoms with Crippen LogP contribution in [0.15, 0.2) is 64.7 Å². The number of aryl methyl sites for hydroxylation is 2. The Morgan fingerprint density at radius 1 is 1.00 bits per heavy atom. The first-order chi connectivity index (χ1) is 15.7. The van der Waals surface area contributed by atoms with Crippen molar-refractivity contribution in [1.29, 1.82) is 0 Å². The molecule has 0 unspecified atom stereocenters. The Bertz CT molecular complexity index is 1380. The molecule has 4 rings (SSSR count). The van der Waals surface area contributed by atoms with Crippen LogP contribution < -0.4 is 10.3 Å². The summed E-state index contributed by atoms with van der Waals surface area (Å²) in [6.45, 7) is 1.64. The molecule has 8 nitrogen and oxygen atoms in total. The first kappa shape index (κ1) is 23.1. The van der Waals surface area contributed by atoms with Crippen LogP contribution >= 0.6 is 10.6 Å². The van der Waals surface area contributed by atoms with Crippen molar-refractivity contribution in [3.8, 4) is 28.0 Å². The third kappa shape index (κ3) is 4.40. The first-order valence-corrected chi connectivity index (χ1v) is 12.2. The van der Waals surface area contributed by atoms with Gasteiger partial charge in [0.25, 0.3) is 5.56 Å². The van der Waals surface area contributed by atoms with E-state index in [9.17, 15) is 19.0 Å². The Balaban J connectivity index is 2.02. The van der Waals surface area contributed by atoms with Gasteiger partial charge in [-0.15, -0.1) is 0 Å². The second kappa shape index (κ2) is 9.03. The molecule has 4 aromatic rings. The van der Waals surface area contributed by atoms with Crippen LogP contribution in [-0.2, 0) is 14.1 Å². The van der Waals surface area contributed by atoms with Crippen LogP contribution in [0.5, 0.6) is 5.75 Å². The molecule has 174 valence electrons. The van der Waals surface area contributed by atoms with Crippen LogP contribution in [-0.4, -0.2) is 47.5 Å². The zero-order valence-corrected chi connectivity index (χ0v) is 19.5. The summed E-state index contributed by atoms with van der Waals surface area (Å²) in [5.41, 5.74) is 2.99. The lowest BCUT2D eigenvalue weighted by molar-refractivity contribution is 0.202. The second-order valence-electron chi connectivity index (χ2n) is 7.81. The number of ether oxygens (including phenoxy) is 1. The molecular formula is C24H27N3O5S. The number of aromatic nitrogens is 3. The number of aliphatic hydroxyl groups is 1. The number of pyridine rings is 1. The molecule has 2 heterocycles. The molecule has 0 aliphatic carbocycles. The van der Waals surface area contributed by atoms with Gasteiger partial charge in [-0.3, -0.25) is 18.6 Å². The summed E-state index contributed by atoms with van der Waals surface area (Å²) in [5.74, 6) is 0.661. The van der Waals surface area contributed by atoms with Gasteiger partial charge in [0, 0.05) is 54.3 Å². The Kier molecular flexibility index (Phi) is 6.31. The Morgan fingerprint density at radius 3 is 2.45 bits per heavy atom. The molecule has 0 spiro atoms. The maximum Gasteiger partial charge on any atom is 0.258 e. The molecule has 0 aliphatic rings. The largest absolute Gasteiger partial charge is 0.491 e. The van der Waals surface area contributed by atoms with Crippen LogP contribution in [0.25, 0.3) is 33.0 Å². The van der Waals surface area contributed by atoms with E-state index in [4.69, 9.17) is 4.74 Å². The summed E-state index contributed by atoms with van der Waals surface area (Å²) in [4.78, 5) is 13.3. The first-order valence-electron chi connectivity index (χ1n) is 10.5. The van der Waals surface area contributed by atoms with E-state index >= 15 is 0 Å². The van der Waals surface area contributed by atoms with Gasteiger partial charge in [0.05, 0.1) is 17.7 Å². The van der Waals surface area contributed by atoms with Crippen molar-refractivity contribution in [2.24, 2.45) is 14.1 Å². The van der Waals surface area contributed by atoms with Crippen LogP contribution in [0.2, 0.25) is 0 Å². The van der Waals surface area contributed by atoms with E-state index in [1.54, 1.807) is 55.3 Å². The van der Waals surface area contributed by atoms with Crippen LogP contribution in [0, 0.1) is 0 Å². The van der Waals surface area contributed by atoms with E-state index < -0.39 is 10.6 Å². The average Bonchev–Trinajstić information content (AvgIpc) is 3.26. The summed E-state index contributed by atoms with van der Waals surface area (Å²) in [6.07, 6.45) is 5.38. The fraction of sp³-hybridized carbons (Fsp3) is 0.250. The molecule has 0 aliphatic heterocycles. The van der Waals surface area contributed by atoms with Gasteiger partial charge >= 0.3 is 0 Å². The minimum Gasteiger partial charge on any atom is -0.491 e. The van der Waals surface area contributed by atoms with Crippen molar-refractivity contribution in [3.63, 3.8) is 0 Å². The van der Waals surface area contributed by atoms with Crippen LogP contribution in [0.4, 0.5) is 0 Å². The molecule has 0 amide bonds. The normalized spacial score (nSPS) is 12.3. The molecule has 0 fully saturated rings. The highest BCUT2D eigenvalue weighted by atomic mass is 32.3. The minimum absolute atomic E-state index is 0.0843. The summed E-state index contributed by atoms with van der Waals surface area (Å²) in [6, 6.07) is 10.6. The smallest absolute Gasteiger partial charge is 0.258 e. The van der Waals surface area contributed by atoms with Crippen molar-refractivity contribution in [3.05, 3.63) is 65.3 Å². The van der Waals surface area contributed by atoms with E-state index in [-0.39, 0.29) is 24.5 Å². The zero-order valence-electron chi connectivity index (χ0n) is 18.7. The van der Waals surface area contributed by atoms with Crippen molar-refractivity contribution < 1.29 is 18.9 Å². The van der Waals surface area contributed by atoms with Gasteiger partial charge in [0.1, 0.15) is 12.4 Å². The Morgan fingerprint density at radius 2 is 1.79 bits per heavy atom. The van der Waals surface area contributed by atoms with Gasteiger partial charge < -0.3 is 14.4 Å². The molecule has 0 saturated heterocycles. The fourth-order valence-corrected chi connectivity index (χ4v) is 4.73. The lowest BCUT2D eigenvalue weighted by Crippen LogP contribution is -2.16. The quantitative estimate of drug-likeness (QED) is 0.376. The molecule has 3 N–H and O–H groups in total. The van der Waals surface area contributed by atoms with Crippen LogP contribution in [0.3, 0.4) is 0 Å². The van der Waals surface area contributed by atoms with E-state index in [2.05, 4.69) is 5.10 Å². The second-order valence-corrected chi connectivity index (χ2v) is 10.2. The maximum atomic E-state index is 12.9. The molecule has 0 bridgehead atoms. The zero-order chi connectivity index (χ0) is 23.8. The highest BCUT2D eigenvalue weighted by Gasteiger charge is 2.20. The Hall–Kier alpha value is -3.11. The van der Waals surface area contributed by atoms with Gasteiger partial charge in [-0.25, -0.2) is 0 Å². The molecule has 9 heteroatoms. The molecule has 0 radical (unpaired) electrons. The van der Waals surface area contributed by atoms with Gasteiger partial charge in [-0.2, -0.15) is 15.7 Å². The summed E-state index contributed by atoms with van der Waals surface area (Å²) in [5, 5.41) is 14.7. The third-order valence-electron chi connectivity index (χ3n) is 5.59. The summed E-state index contributed by atoms with van der Waals surface area (Å²) in [7, 11) is 0.550. The molecular weight excluding hydrogens is 442 g/mol. The lowest BCUT2D eigenvalue weighted by atomic mass is 9.97. The standard InChI is InChI=1S/C24H27N3O5S/c1-4-33(30,31)18-6-8-23(32-10-9-28)21(12-18)22-15-26(2)24(29)19-7-5-16(11-20(19)22)17-13-25-27(3)14-17/h5-8,11-15,28,30-31H,4,9-10H2,1-3H3. The topological polar surface area (TPSA) is 110 Å². The van der Waals surface area contributed by atoms with Gasteiger partial charge in [-0.05, 0) is 48.2 Å². The molecule has 0 saturated carbocycles. The molecule has 0 atom stereocenters. The highest BCUT2D eigenvalue weighted by molar-refractivity contribution is 8.24. The average molecular weight is 470 g/mol. The van der Waals surface area contributed by atoms with E-state index in [1.165, 1.54) is 4.57 Å². The van der Waals surface area contributed by atoms with Crippen molar-refractivity contribution in [2.75, 3.05) is 19.0 Å². The maximum absolute atomic E-state index is 12.9. The molecule has 2 aromatic heterocycles. The number of hydrogen-bond donors (Lipinski definition) is 3. The highest BCUT2D eigenvalue weighted by Crippen LogP contribution is 2.50. The van der Waals surface area contributed by atoms with Crippen molar-refractivity contribution >= 4 is 21.4 Å². The van der Waals surface area contributed by atoms with Crippen molar-refractivity contribution in [2.45, 2.75) is 11.8 Å². The monoisotopic (exact) mass is 469 g/mol. The predicted octanol–water partition coefficient (Wildman–Crippen LogP) is 4.11. The van der Waals surface area contributed by atoms with E-state index in [0.717, 1.165) is 11.1 Å².